The van der Waals surface area contributed by atoms with E-state index in [2.05, 4.69) is 51.8 Å². The van der Waals surface area contributed by atoms with Gasteiger partial charge in [-0.25, -0.2) is 4.79 Å². The maximum absolute atomic E-state index is 12.2. The zero-order chi connectivity index (χ0) is 22.8. The molecule has 0 radical (unpaired) electrons. The third kappa shape index (κ3) is 4.19. The van der Waals surface area contributed by atoms with Gasteiger partial charge in [0.05, 0.1) is 5.69 Å². The van der Waals surface area contributed by atoms with Crippen LogP contribution in [0.1, 0.15) is 23.6 Å². The van der Waals surface area contributed by atoms with Crippen LogP contribution in [-0.4, -0.2) is 19.7 Å². The smallest absolute Gasteiger partial charge is 0.336 e. The number of benzene rings is 2. The van der Waals surface area contributed by atoms with Gasteiger partial charge in [0.15, 0.2) is 11.0 Å². The van der Waals surface area contributed by atoms with E-state index in [0.717, 1.165) is 50.7 Å². The molecule has 0 aliphatic carbocycles. The van der Waals surface area contributed by atoms with Gasteiger partial charge in [0.1, 0.15) is 5.58 Å². The van der Waals surface area contributed by atoms with Gasteiger partial charge in [-0.05, 0) is 54.3 Å². The van der Waals surface area contributed by atoms with Crippen LogP contribution in [0.3, 0.4) is 0 Å². The summed E-state index contributed by atoms with van der Waals surface area (Å²) in [5.41, 5.74) is 5.33. The van der Waals surface area contributed by atoms with Crippen molar-refractivity contribution in [2.45, 2.75) is 31.2 Å². The minimum Gasteiger partial charge on any atom is -0.423 e. The van der Waals surface area contributed by atoms with Crippen molar-refractivity contribution >= 4 is 22.7 Å². The van der Waals surface area contributed by atoms with E-state index in [4.69, 9.17) is 4.42 Å². The van der Waals surface area contributed by atoms with Gasteiger partial charge >= 0.3 is 5.63 Å². The van der Waals surface area contributed by atoms with Gasteiger partial charge in [0.2, 0.25) is 0 Å². The minimum atomic E-state index is -0.345. The van der Waals surface area contributed by atoms with Gasteiger partial charge in [-0.15, -0.1) is 10.2 Å². The molecule has 7 heteroatoms. The summed E-state index contributed by atoms with van der Waals surface area (Å²) in [7, 11) is 0. The van der Waals surface area contributed by atoms with E-state index in [1.807, 2.05) is 36.4 Å². The van der Waals surface area contributed by atoms with E-state index in [-0.39, 0.29) is 5.63 Å². The van der Waals surface area contributed by atoms with Crippen molar-refractivity contribution in [3.05, 3.63) is 100 Å². The molecule has 3 aromatic heterocycles. The highest BCUT2D eigenvalue weighted by Gasteiger charge is 2.18. The van der Waals surface area contributed by atoms with Crippen molar-refractivity contribution in [3.63, 3.8) is 0 Å². The molecule has 5 rings (SSSR count). The summed E-state index contributed by atoms with van der Waals surface area (Å²) in [5, 5.41) is 10.7. The number of fused-ring (bicyclic) bond motifs is 1. The third-order valence-corrected chi connectivity index (χ3v) is 6.55. The lowest BCUT2D eigenvalue weighted by molar-refractivity contribution is 0.559. The average Bonchev–Trinajstić information content (AvgIpc) is 3.26. The zero-order valence-corrected chi connectivity index (χ0v) is 19.2. The van der Waals surface area contributed by atoms with Crippen molar-refractivity contribution in [1.29, 1.82) is 0 Å². The number of hydrogen-bond acceptors (Lipinski definition) is 6. The first-order valence-electron chi connectivity index (χ1n) is 10.7. The Labute approximate surface area is 195 Å². The Kier molecular flexibility index (Phi) is 5.79. The van der Waals surface area contributed by atoms with E-state index >= 15 is 0 Å². The van der Waals surface area contributed by atoms with Crippen LogP contribution in [0.15, 0.2) is 87.4 Å². The Bertz CT molecular complexity index is 1490. The number of hydrogen-bond donors (Lipinski definition) is 0. The van der Waals surface area contributed by atoms with Crippen LogP contribution in [0.2, 0.25) is 0 Å². The highest BCUT2D eigenvalue weighted by molar-refractivity contribution is 7.98. The van der Waals surface area contributed by atoms with Crippen LogP contribution < -0.4 is 5.63 Å². The monoisotopic (exact) mass is 454 g/mol. The lowest BCUT2D eigenvalue weighted by Crippen LogP contribution is -2.03. The first-order valence-corrected chi connectivity index (χ1v) is 11.7. The number of rotatable bonds is 6. The third-order valence-electron chi connectivity index (χ3n) is 5.57. The maximum atomic E-state index is 12.2. The number of para-hydroxylation sites is 1. The first-order chi connectivity index (χ1) is 16.1. The molecule has 0 N–H and O–H groups in total. The van der Waals surface area contributed by atoms with Crippen LogP contribution >= 0.6 is 11.8 Å². The Morgan fingerprint density at radius 2 is 1.91 bits per heavy atom. The van der Waals surface area contributed by atoms with Crippen molar-refractivity contribution in [2.24, 2.45) is 0 Å². The summed E-state index contributed by atoms with van der Waals surface area (Å²) < 4.78 is 7.52. The molecule has 0 bridgehead atoms. The van der Waals surface area contributed by atoms with Gasteiger partial charge in [-0.1, -0.05) is 49.0 Å². The number of nitrogens with zero attached hydrogens (tertiary/aromatic N) is 4. The predicted molar refractivity (Wildman–Crippen MR) is 131 cm³/mol. The van der Waals surface area contributed by atoms with E-state index < -0.39 is 0 Å². The number of aryl methyl sites for hydroxylation is 2. The fraction of sp³-hybridized carbons (Fsp3) is 0.154. The van der Waals surface area contributed by atoms with E-state index in [0.29, 0.717) is 11.3 Å². The normalized spacial score (nSPS) is 11.2. The molecule has 5 aromatic rings. The summed E-state index contributed by atoms with van der Waals surface area (Å²) in [6, 6.07) is 19.6. The predicted octanol–water partition coefficient (Wildman–Crippen LogP) is 5.60. The second kappa shape index (κ2) is 9.03. The Morgan fingerprint density at radius 1 is 1.03 bits per heavy atom. The molecule has 0 saturated carbocycles. The largest absolute Gasteiger partial charge is 0.423 e. The fourth-order valence-corrected chi connectivity index (χ4v) is 4.77. The van der Waals surface area contributed by atoms with E-state index in [9.17, 15) is 4.79 Å². The van der Waals surface area contributed by atoms with Gasteiger partial charge in [-0.2, -0.15) is 0 Å². The molecule has 0 spiro atoms. The second-order valence-corrected chi connectivity index (χ2v) is 8.68. The van der Waals surface area contributed by atoms with Crippen molar-refractivity contribution in [1.82, 2.24) is 19.7 Å². The van der Waals surface area contributed by atoms with Crippen LogP contribution in [0.4, 0.5) is 0 Å². The highest BCUT2D eigenvalue weighted by atomic mass is 32.2. The lowest BCUT2D eigenvalue weighted by atomic mass is 10.1. The van der Waals surface area contributed by atoms with Gasteiger partial charge in [-0.3, -0.25) is 9.55 Å². The lowest BCUT2D eigenvalue weighted by Gasteiger charge is -2.13. The summed E-state index contributed by atoms with van der Waals surface area (Å²) >= 11 is 1.54. The molecule has 164 valence electrons. The first kappa shape index (κ1) is 21.2. The Hall–Kier alpha value is -3.71. The molecule has 3 heterocycles. The molecule has 0 aliphatic heterocycles. The maximum Gasteiger partial charge on any atom is 0.336 e. The van der Waals surface area contributed by atoms with Crippen LogP contribution in [0.5, 0.6) is 0 Å². The van der Waals surface area contributed by atoms with Crippen LogP contribution in [0.25, 0.3) is 28.0 Å². The molecule has 0 amide bonds. The zero-order valence-electron chi connectivity index (χ0n) is 18.4. The van der Waals surface area contributed by atoms with Gasteiger partial charge in [0, 0.05) is 35.2 Å². The minimum absolute atomic E-state index is 0.345. The topological polar surface area (TPSA) is 73.8 Å². The molecule has 2 aromatic carbocycles. The summed E-state index contributed by atoms with van der Waals surface area (Å²) in [6.45, 7) is 4.15. The van der Waals surface area contributed by atoms with Crippen molar-refractivity contribution in [2.75, 3.05) is 0 Å². The highest BCUT2D eigenvalue weighted by Crippen LogP contribution is 2.32. The molecule has 0 aliphatic rings. The fourth-order valence-electron chi connectivity index (χ4n) is 3.83. The number of pyridine rings is 1. The van der Waals surface area contributed by atoms with Crippen molar-refractivity contribution < 1.29 is 4.42 Å². The number of aromatic nitrogens is 4. The quantitative estimate of drug-likeness (QED) is 0.246. The van der Waals surface area contributed by atoms with Crippen LogP contribution in [-0.2, 0) is 12.2 Å². The van der Waals surface area contributed by atoms with E-state index in [1.165, 1.54) is 0 Å². The van der Waals surface area contributed by atoms with E-state index in [1.54, 1.807) is 30.2 Å². The molecule has 0 saturated heterocycles. The number of thioether (sulfide) groups is 1. The summed E-state index contributed by atoms with van der Waals surface area (Å²) in [4.78, 5) is 16.5. The van der Waals surface area contributed by atoms with Crippen molar-refractivity contribution in [3.8, 4) is 17.1 Å². The average molecular weight is 455 g/mol. The Balaban J connectivity index is 1.57. The molecular weight excluding hydrogens is 432 g/mol. The molecule has 0 fully saturated rings. The molecule has 33 heavy (non-hydrogen) atoms. The standard InChI is InChI=1S/C26H22N4O2S/c1-3-18-10-11-21-20(14-24(31)32-23(21)13-18)16-33-26-29-28-25(19-8-6-12-27-15-19)30(26)22-9-5-4-7-17(22)2/h4-15H,3,16H2,1-2H3. The second-order valence-electron chi connectivity index (χ2n) is 7.73. The van der Waals surface area contributed by atoms with Gasteiger partial charge < -0.3 is 4.42 Å². The van der Waals surface area contributed by atoms with Crippen LogP contribution in [0, 0.1) is 6.92 Å². The molecule has 6 nitrogen and oxygen atoms in total. The summed E-state index contributed by atoms with van der Waals surface area (Å²) in [5.74, 6) is 1.29. The molecule has 0 atom stereocenters. The molecular formula is C26H22N4O2S. The van der Waals surface area contributed by atoms with Gasteiger partial charge in [0.25, 0.3) is 0 Å². The summed E-state index contributed by atoms with van der Waals surface area (Å²) in [6.07, 6.45) is 4.41. The SMILES string of the molecule is CCc1ccc2c(CSc3nnc(-c4cccnc4)n3-c3ccccc3C)cc(=O)oc2c1. The molecule has 0 unspecified atom stereocenters. The Morgan fingerprint density at radius 3 is 2.70 bits per heavy atom.